The molecule has 0 bridgehead atoms. The fourth-order valence-electron chi connectivity index (χ4n) is 3.29. The molecule has 6 heteroatoms. The third-order valence-electron chi connectivity index (χ3n) is 5.20. The van der Waals surface area contributed by atoms with Gasteiger partial charge in [0, 0.05) is 24.8 Å². The molecule has 3 rings (SSSR count). The summed E-state index contributed by atoms with van der Waals surface area (Å²) in [6, 6.07) is 14.9. The van der Waals surface area contributed by atoms with E-state index in [4.69, 9.17) is 9.40 Å². The second-order valence-electron chi connectivity index (χ2n) is 7.17. The largest absolute Gasteiger partial charge is 0.441 e. The molecule has 1 aromatic heterocycles. The first-order valence-corrected chi connectivity index (χ1v) is 11.8. The second kappa shape index (κ2) is 8.93. The van der Waals surface area contributed by atoms with Gasteiger partial charge in [0.15, 0.2) is 9.84 Å². The van der Waals surface area contributed by atoms with E-state index in [1.54, 1.807) is 12.1 Å². The van der Waals surface area contributed by atoms with Crippen LogP contribution in [0, 0.1) is 6.92 Å². The molecular formula is C23H28N2O3S. The molecular weight excluding hydrogens is 384 g/mol. The summed E-state index contributed by atoms with van der Waals surface area (Å²) in [5, 5.41) is 0. The molecule has 0 N–H and O–H groups in total. The molecule has 5 nitrogen and oxygen atoms in total. The standard InChI is InChI=1S/C23H28N2O3S/c1-5-25(6-2)16-15-22-17(3)28-23(24-22)20-9-7-18(8-10-20)19-11-13-21(14-12-19)29(4,26)27/h7-14H,5-6,15-16H2,1-4H3. The van der Waals surface area contributed by atoms with Crippen LogP contribution in [0.5, 0.6) is 0 Å². The Bertz CT molecular complexity index is 1050. The van der Waals surface area contributed by atoms with E-state index in [2.05, 4.69) is 18.7 Å². The van der Waals surface area contributed by atoms with E-state index in [1.165, 1.54) is 6.26 Å². The summed E-state index contributed by atoms with van der Waals surface area (Å²) in [7, 11) is -3.18. The van der Waals surface area contributed by atoms with Crippen molar-refractivity contribution in [3.63, 3.8) is 0 Å². The summed E-state index contributed by atoms with van der Waals surface area (Å²) in [5.41, 5.74) is 3.91. The lowest BCUT2D eigenvalue weighted by atomic mass is 10.0. The summed E-state index contributed by atoms with van der Waals surface area (Å²) in [5.74, 6) is 1.50. The van der Waals surface area contributed by atoms with Crippen molar-refractivity contribution in [2.45, 2.75) is 32.1 Å². The quantitative estimate of drug-likeness (QED) is 0.541. The van der Waals surface area contributed by atoms with Gasteiger partial charge in [-0.25, -0.2) is 13.4 Å². The van der Waals surface area contributed by atoms with E-state index in [9.17, 15) is 8.42 Å². The predicted octanol–water partition coefficient (Wildman–Crippen LogP) is 4.60. The van der Waals surface area contributed by atoms with Crippen molar-refractivity contribution in [2.24, 2.45) is 0 Å². The first kappa shape index (κ1) is 21.3. The predicted molar refractivity (Wildman–Crippen MR) is 117 cm³/mol. The van der Waals surface area contributed by atoms with Crippen LogP contribution in [0.4, 0.5) is 0 Å². The van der Waals surface area contributed by atoms with Crippen LogP contribution >= 0.6 is 0 Å². The Labute approximate surface area is 173 Å². The lowest BCUT2D eigenvalue weighted by molar-refractivity contribution is 0.306. The zero-order valence-corrected chi connectivity index (χ0v) is 18.3. The molecule has 0 saturated heterocycles. The van der Waals surface area contributed by atoms with Gasteiger partial charge in [-0.1, -0.05) is 38.1 Å². The lowest BCUT2D eigenvalue weighted by Gasteiger charge is -2.16. The van der Waals surface area contributed by atoms with Gasteiger partial charge >= 0.3 is 0 Å². The van der Waals surface area contributed by atoms with E-state index in [1.807, 2.05) is 43.3 Å². The van der Waals surface area contributed by atoms with Crippen LogP contribution in [0.25, 0.3) is 22.6 Å². The molecule has 0 unspecified atom stereocenters. The Balaban J connectivity index is 1.76. The van der Waals surface area contributed by atoms with Crippen LogP contribution in [0.2, 0.25) is 0 Å². The normalized spacial score (nSPS) is 11.9. The fraction of sp³-hybridized carbons (Fsp3) is 0.348. The van der Waals surface area contributed by atoms with Crippen LogP contribution in [0.3, 0.4) is 0 Å². The zero-order chi connectivity index (χ0) is 21.0. The SMILES string of the molecule is CCN(CC)CCc1nc(-c2ccc(-c3ccc(S(C)(=O)=O)cc3)cc2)oc1C. The molecule has 1 heterocycles. The molecule has 0 amide bonds. The minimum atomic E-state index is -3.18. The highest BCUT2D eigenvalue weighted by Gasteiger charge is 2.13. The monoisotopic (exact) mass is 412 g/mol. The number of hydrogen-bond donors (Lipinski definition) is 0. The molecule has 0 aliphatic carbocycles. The third-order valence-corrected chi connectivity index (χ3v) is 6.33. The Hall–Kier alpha value is -2.44. The second-order valence-corrected chi connectivity index (χ2v) is 9.19. The number of benzene rings is 2. The highest BCUT2D eigenvalue weighted by molar-refractivity contribution is 7.90. The highest BCUT2D eigenvalue weighted by Crippen LogP contribution is 2.27. The summed E-state index contributed by atoms with van der Waals surface area (Å²) < 4.78 is 29.1. The van der Waals surface area contributed by atoms with Gasteiger partial charge in [0.1, 0.15) is 5.76 Å². The molecule has 0 aliphatic rings. The van der Waals surface area contributed by atoms with Gasteiger partial charge in [0.05, 0.1) is 10.6 Å². The van der Waals surface area contributed by atoms with Crippen LogP contribution in [0.1, 0.15) is 25.3 Å². The summed E-state index contributed by atoms with van der Waals surface area (Å²) in [6.45, 7) is 9.34. The minimum Gasteiger partial charge on any atom is -0.441 e. The topological polar surface area (TPSA) is 63.4 Å². The Morgan fingerprint density at radius 1 is 0.897 bits per heavy atom. The van der Waals surface area contributed by atoms with E-state index >= 15 is 0 Å². The molecule has 2 aromatic carbocycles. The van der Waals surface area contributed by atoms with E-state index in [0.29, 0.717) is 10.8 Å². The Morgan fingerprint density at radius 3 is 1.93 bits per heavy atom. The molecule has 154 valence electrons. The Kier molecular flexibility index (Phi) is 6.55. The number of aryl methyl sites for hydroxylation is 1. The van der Waals surface area contributed by atoms with Crippen LogP contribution < -0.4 is 0 Å². The van der Waals surface area contributed by atoms with Gasteiger partial charge in [-0.15, -0.1) is 0 Å². The van der Waals surface area contributed by atoms with Gasteiger partial charge in [0.2, 0.25) is 5.89 Å². The van der Waals surface area contributed by atoms with Crippen molar-refractivity contribution < 1.29 is 12.8 Å². The average molecular weight is 413 g/mol. The van der Waals surface area contributed by atoms with Gasteiger partial charge in [-0.05, 0) is 55.4 Å². The lowest BCUT2D eigenvalue weighted by Crippen LogP contribution is -2.25. The minimum absolute atomic E-state index is 0.324. The van der Waals surface area contributed by atoms with Gasteiger partial charge in [0.25, 0.3) is 0 Å². The molecule has 3 aromatic rings. The summed E-state index contributed by atoms with van der Waals surface area (Å²) >= 11 is 0. The highest BCUT2D eigenvalue weighted by atomic mass is 32.2. The van der Waals surface area contributed by atoms with Gasteiger partial charge < -0.3 is 9.32 Å². The number of aromatic nitrogens is 1. The van der Waals surface area contributed by atoms with Crippen molar-refractivity contribution in [3.8, 4) is 22.6 Å². The number of nitrogens with zero attached hydrogens (tertiary/aromatic N) is 2. The van der Waals surface area contributed by atoms with Crippen LogP contribution in [-0.4, -0.2) is 44.2 Å². The number of rotatable bonds is 8. The van der Waals surface area contributed by atoms with Crippen LogP contribution in [-0.2, 0) is 16.3 Å². The summed E-state index contributed by atoms with van der Waals surface area (Å²) in [4.78, 5) is 7.40. The first-order valence-electron chi connectivity index (χ1n) is 9.91. The molecule has 0 saturated carbocycles. The van der Waals surface area contributed by atoms with Crippen molar-refractivity contribution in [2.75, 3.05) is 25.9 Å². The zero-order valence-electron chi connectivity index (χ0n) is 17.5. The van der Waals surface area contributed by atoms with E-state index in [0.717, 1.165) is 54.2 Å². The first-order chi connectivity index (χ1) is 13.8. The van der Waals surface area contributed by atoms with E-state index < -0.39 is 9.84 Å². The number of hydrogen-bond acceptors (Lipinski definition) is 5. The third kappa shape index (κ3) is 5.14. The van der Waals surface area contributed by atoms with Gasteiger partial charge in [-0.2, -0.15) is 0 Å². The number of likely N-dealkylation sites (N-methyl/N-ethyl adjacent to an activating group) is 1. The molecule has 0 fully saturated rings. The fourth-order valence-corrected chi connectivity index (χ4v) is 3.92. The molecule has 0 radical (unpaired) electrons. The molecule has 0 spiro atoms. The maximum Gasteiger partial charge on any atom is 0.226 e. The number of sulfone groups is 1. The Morgan fingerprint density at radius 2 is 1.41 bits per heavy atom. The maximum absolute atomic E-state index is 11.6. The smallest absolute Gasteiger partial charge is 0.226 e. The number of oxazole rings is 1. The van der Waals surface area contributed by atoms with E-state index in [-0.39, 0.29) is 0 Å². The van der Waals surface area contributed by atoms with Crippen molar-refractivity contribution in [3.05, 3.63) is 60.0 Å². The van der Waals surface area contributed by atoms with Crippen LogP contribution in [0.15, 0.2) is 57.8 Å². The van der Waals surface area contributed by atoms with Crippen molar-refractivity contribution in [1.29, 1.82) is 0 Å². The average Bonchev–Trinajstić information content (AvgIpc) is 3.09. The maximum atomic E-state index is 11.6. The molecule has 0 aliphatic heterocycles. The van der Waals surface area contributed by atoms with Crippen molar-refractivity contribution >= 4 is 9.84 Å². The summed E-state index contributed by atoms with van der Waals surface area (Å²) in [6.07, 6.45) is 2.09. The molecule has 29 heavy (non-hydrogen) atoms. The molecule has 0 atom stereocenters. The van der Waals surface area contributed by atoms with Gasteiger partial charge in [-0.3, -0.25) is 0 Å². The van der Waals surface area contributed by atoms with Crippen molar-refractivity contribution in [1.82, 2.24) is 9.88 Å².